The average Bonchev–Trinajstić information content (AvgIpc) is 3.91. The van der Waals surface area contributed by atoms with Crippen LogP contribution in [-0.4, -0.2) is 15.6 Å². The summed E-state index contributed by atoms with van der Waals surface area (Å²) in [6.45, 7) is 19.8. The number of para-hydroxylation sites is 4. The molecule has 0 spiro atoms. The highest BCUT2D eigenvalue weighted by atomic mass is 19.1. The molecule has 0 radical (unpaired) electrons. The van der Waals surface area contributed by atoms with Crippen molar-refractivity contribution in [1.82, 2.24) is 18.7 Å². The molecule has 7 heteroatoms. The largest absolute Gasteiger partial charge is 0.503 e. The summed E-state index contributed by atoms with van der Waals surface area (Å²) in [4.78, 5) is 4.92. The van der Waals surface area contributed by atoms with Crippen molar-refractivity contribution >= 4 is 50.6 Å². The second-order valence-electron chi connectivity index (χ2n) is 21.1. The number of aryl methyl sites for hydroxylation is 2. The van der Waals surface area contributed by atoms with Gasteiger partial charge in [0.15, 0.2) is 0 Å². The zero-order valence-electron chi connectivity index (χ0n) is 42.9. The van der Waals surface area contributed by atoms with E-state index >= 15 is 8.78 Å². The van der Waals surface area contributed by atoms with Crippen molar-refractivity contribution in [3.63, 3.8) is 0 Å². The van der Waals surface area contributed by atoms with Crippen molar-refractivity contribution in [3.8, 4) is 50.7 Å². The van der Waals surface area contributed by atoms with Gasteiger partial charge in [0.1, 0.15) is 29.0 Å². The summed E-state index contributed by atoms with van der Waals surface area (Å²) in [6.07, 6.45) is 1.90. The average molecular weight is 961 g/mol. The Morgan fingerprint density at radius 3 is 1.84 bits per heavy atom. The summed E-state index contributed by atoms with van der Waals surface area (Å²) in [7, 11) is 0. The van der Waals surface area contributed by atoms with Gasteiger partial charge in [-0.15, -0.1) is 0 Å². The van der Waals surface area contributed by atoms with Crippen LogP contribution in [0.5, 0.6) is 11.5 Å². The molecule has 1 aliphatic rings. The number of hydrogen-bond acceptors (Lipinski definition) is 2. The number of ether oxygens (including phenoxy) is 1. The first-order valence-corrected chi connectivity index (χ1v) is 25.2. The van der Waals surface area contributed by atoms with Crippen LogP contribution >= 0.6 is 0 Å². The Morgan fingerprint density at radius 2 is 1.16 bits per heavy atom. The van der Waals surface area contributed by atoms with Crippen LogP contribution in [0.25, 0.3) is 61.0 Å². The molecular weight excluding hydrogens is 903 g/mol. The highest BCUT2D eigenvalue weighted by Gasteiger charge is 2.40. The van der Waals surface area contributed by atoms with Crippen LogP contribution < -0.4 is 13.9 Å². The second kappa shape index (κ2) is 18.4. The smallest absolute Gasteiger partial charge is 0.457 e. The molecule has 0 aliphatic carbocycles. The van der Waals surface area contributed by atoms with Gasteiger partial charge in [0.05, 0.1) is 28.2 Å². The molecule has 3 heterocycles. The van der Waals surface area contributed by atoms with E-state index in [2.05, 4.69) is 203 Å². The Hall–Kier alpha value is -8.25. The lowest BCUT2D eigenvalue weighted by Gasteiger charge is -2.20. The molecule has 10 aromatic rings. The van der Waals surface area contributed by atoms with E-state index in [1.807, 2.05) is 36.5 Å². The van der Waals surface area contributed by atoms with Crippen LogP contribution in [0.1, 0.15) is 88.1 Å². The summed E-state index contributed by atoms with van der Waals surface area (Å²) in [5.74, 6) is 1.43. The van der Waals surface area contributed by atoms with Gasteiger partial charge in [-0.2, -0.15) is 0 Å². The van der Waals surface area contributed by atoms with Gasteiger partial charge < -0.3 is 4.74 Å². The van der Waals surface area contributed by atoms with Crippen LogP contribution in [-0.2, 0) is 5.41 Å². The van der Waals surface area contributed by atoms with E-state index in [4.69, 9.17) is 9.72 Å². The molecule has 0 saturated carbocycles. The van der Waals surface area contributed by atoms with Crippen molar-refractivity contribution in [2.24, 2.45) is 0 Å². The summed E-state index contributed by atoms with van der Waals surface area (Å²) < 4.78 is 44.0. The lowest BCUT2D eigenvalue weighted by Crippen LogP contribution is -2.12. The van der Waals surface area contributed by atoms with Gasteiger partial charge in [0.2, 0.25) is 11.4 Å². The third kappa shape index (κ3) is 8.74. The maximum absolute atomic E-state index is 15.3. The highest BCUT2D eigenvalue weighted by Crippen LogP contribution is 2.47. The van der Waals surface area contributed by atoms with Crippen LogP contribution in [0.4, 0.5) is 31.5 Å². The van der Waals surface area contributed by atoms with Gasteiger partial charge in [0, 0.05) is 47.3 Å². The van der Waals surface area contributed by atoms with Crippen LogP contribution in [0, 0.1) is 25.5 Å². The molecule has 2 aromatic heterocycles. The number of fused-ring (bicyclic) bond motifs is 4. The van der Waals surface area contributed by atoms with Crippen molar-refractivity contribution in [2.75, 3.05) is 0 Å². The Morgan fingerprint density at radius 1 is 0.548 bits per heavy atom. The topological polar surface area (TPSA) is 33.1 Å². The molecule has 0 fully saturated rings. The highest BCUT2D eigenvalue weighted by molar-refractivity contribution is 6.09. The van der Waals surface area contributed by atoms with Gasteiger partial charge in [0.25, 0.3) is 11.4 Å². The molecule has 360 valence electrons. The lowest BCUT2D eigenvalue weighted by atomic mass is 9.88. The Balaban J connectivity index is 1.14. The quantitative estimate of drug-likeness (QED) is 0.128. The van der Waals surface area contributed by atoms with Crippen molar-refractivity contribution in [3.05, 3.63) is 216 Å². The van der Waals surface area contributed by atoms with E-state index in [9.17, 15) is 0 Å². The molecule has 0 atom stereocenters. The monoisotopic (exact) mass is 960 g/mol. The predicted molar refractivity (Wildman–Crippen MR) is 298 cm³/mol. The first kappa shape index (κ1) is 47.1. The van der Waals surface area contributed by atoms with Crippen LogP contribution in [0.3, 0.4) is 0 Å². The molecule has 0 unspecified atom stereocenters. The molecule has 0 N–H and O–H groups in total. The number of hydrogen-bond donors (Lipinski definition) is 0. The first-order chi connectivity index (χ1) is 35.1. The first-order valence-electron chi connectivity index (χ1n) is 25.2. The number of rotatable bonds is 10. The second-order valence-corrected chi connectivity index (χ2v) is 21.1. The number of aromatic nitrogens is 2. The Kier molecular flexibility index (Phi) is 11.9. The summed E-state index contributed by atoms with van der Waals surface area (Å²) in [5.41, 5.74) is 16.4. The SMILES string of the molecule is Cc1cccc(C)c1-c1cc(Oc2ccc3c4ccccc4n(-c4cc(C(C)(C)C)ccn4)c3c2)cc([N+]2=C=[N+](c3c(-c4cc(F)cc(F)c4)cccc3-c3cc(C(C)C)cc(C(C)C)c3)c3ccccc32)c1. The third-order valence-corrected chi connectivity index (χ3v) is 14.3. The van der Waals surface area contributed by atoms with Gasteiger partial charge >= 0.3 is 6.01 Å². The Bertz CT molecular complexity index is 3850. The van der Waals surface area contributed by atoms with Crippen LogP contribution in [0.2, 0.25) is 0 Å². The van der Waals surface area contributed by atoms with Crippen molar-refractivity contribution in [1.29, 1.82) is 0 Å². The Labute approximate surface area is 426 Å². The van der Waals surface area contributed by atoms with E-state index in [1.165, 1.54) is 28.8 Å². The fraction of sp³-hybridized carbons (Fsp3) is 0.182. The maximum Gasteiger partial charge on any atom is 0.503 e. The summed E-state index contributed by atoms with van der Waals surface area (Å²) in [6, 6.07) is 60.3. The lowest BCUT2D eigenvalue weighted by molar-refractivity contribution is 0.483. The number of benzene rings is 8. The van der Waals surface area contributed by atoms with Crippen LogP contribution in [0.15, 0.2) is 176 Å². The minimum atomic E-state index is -0.644. The number of pyridine rings is 1. The number of nitrogens with zero attached hydrogens (tertiary/aromatic N) is 4. The van der Waals surface area contributed by atoms with E-state index in [0.29, 0.717) is 22.6 Å². The van der Waals surface area contributed by atoms with E-state index in [0.717, 1.165) is 89.8 Å². The third-order valence-electron chi connectivity index (χ3n) is 14.3. The van der Waals surface area contributed by atoms with Gasteiger partial charge in [-0.05, 0) is 151 Å². The van der Waals surface area contributed by atoms with E-state index in [-0.39, 0.29) is 17.3 Å². The molecule has 0 bridgehead atoms. The fourth-order valence-electron chi connectivity index (χ4n) is 10.5. The zero-order chi connectivity index (χ0) is 50.9. The van der Waals surface area contributed by atoms with Crippen molar-refractivity contribution in [2.45, 2.75) is 79.6 Å². The van der Waals surface area contributed by atoms with E-state index in [1.54, 1.807) is 0 Å². The predicted octanol–water partition coefficient (Wildman–Crippen LogP) is 18.3. The minimum Gasteiger partial charge on any atom is -0.457 e. The molecule has 0 saturated heterocycles. The minimum absolute atomic E-state index is 0.0615. The fourth-order valence-corrected chi connectivity index (χ4v) is 10.5. The molecule has 1 aliphatic heterocycles. The molecule has 8 aromatic carbocycles. The number of halogens is 2. The standard InChI is InChI=1S/C66H58F2N4O/c1-40(2)44-28-45(41(3)4)30-46(29-44)55-19-15-20-56(47-31-50(67)36-51(68)32-47)65(55)71-39-70(60-22-12-13-23-61(60)71)52-33-48(64-42(5)16-14-17-43(64)6)34-54(37-52)73-53-24-25-58-57-18-10-11-21-59(57)72(62(58)38-53)63-35-49(26-27-69-63)66(7,8)9/h10-38,40-41H,1-9H3/q+2. The summed E-state index contributed by atoms with van der Waals surface area (Å²) >= 11 is 0. The molecule has 73 heavy (non-hydrogen) atoms. The maximum atomic E-state index is 15.3. The zero-order valence-corrected chi connectivity index (χ0v) is 42.9. The van der Waals surface area contributed by atoms with Crippen molar-refractivity contribution < 1.29 is 13.5 Å². The summed E-state index contributed by atoms with van der Waals surface area (Å²) in [5, 5.41) is 2.24. The van der Waals surface area contributed by atoms with Gasteiger partial charge in [-0.1, -0.05) is 121 Å². The van der Waals surface area contributed by atoms with Gasteiger partial charge in [-0.25, -0.2) is 13.8 Å². The normalized spacial score (nSPS) is 12.5. The molecule has 11 rings (SSSR count). The molecule has 5 nitrogen and oxygen atoms in total. The molecule has 0 amide bonds. The van der Waals surface area contributed by atoms with E-state index < -0.39 is 11.6 Å². The molecular formula is C66H58F2N4O+2. The van der Waals surface area contributed by atoms with Gasteiger partial charge in [-0.3, -0.25) is 4.57 Å².